The van der Waals surface area contributed by atoms with Crippen molar-refractivity contribution in [2.75, 3.05) is 0 Å². The maximum Gasteiger partial charge on any atom is 0.253 e. The maximum absolute atomic E-state index is 11.7. The van der Waals surface area contributed by atoms with Crippen LogP contribution in [0.1, 0.15) is 23.2 Å². The zero-order valence-electron chi connectivity index (χ0n) is 7.39. The lowest BCUT2D eigenvalue weighted by molar-refractivity contribution is 0.0951. The molecule has 14 heavy (non-hydrogen) atoms. The lowest BCUT2D eigenvalue weighted by Gasteiger charge is -2.05. The minimum Gasteiger partial charge on any atom is -0.349 e. The van der Waals surface area contributed by atoms with Gasteiger partial charge in [-0.2, -0.15) is 0 Å². The molecule has 0 saturated heterocycles. The van der Waals surface area contributed by atoms with Gasteiger partial charge >= 0.3 is 0 Å². The molecular weight excluding hydrogens is 312 g/mol. The molecular formula is C10H9ClINO. The first kappa shape index (κ1) is 10.2. The molecule has 0 radical (unpaired) electrons. The van der Waals surface area contributed by atoms with Gasteiger partial charge in [-0.3, -0.25) is 4.79 Å². The average Bonchev–Trinajstić information content (AvgIpc) is 2.93. The summed E-state index contributed by atoms with van der Waals surface area (Å²) >= 11 is 8.14. The molecule has 1 aromatic carbocycles. The number of benzene rings is 1. The molecule has 0 bridgehead atoms. The standard InChI is InChI=1S/C10H9ClINO/c11-9-7(2-1-3-8(9)12)10(14)13-6-4-5-6/h1-3,6H,4-5H2,(H,13,14). The van der Waals surface area contributed by atoms with Crippen LogP contribution in [-0.4, -0.2) is 11.9 Å². The van der Waals surface area contributed by atoms with Crippen LogP contribution in [-0.2, 0) is 0 Å². The topological polar surface area (TPSA) is 29.1 Å². The summed E-state index contributed by atoms with van der Waals surface area (Å²) in [6.07, 6.45) is 2.18. The first-order valence-corrected chi connectivity index (χ1v) is 5.89. The molecule has 0 heterocycles. The summed E-state index contributed by atoms with van der Waals surface area (Å²) in [7, 11) is 0. The highest BCUT2D eigenvalue weighted by molar-refractivity contribution is 14.1. The van der Waals surface area contributed by atoms with Gasteiger partial charge in [-0.25, -0.2) is 0 Å². The van der Waals surface area contributed by atoms with Gasteiger partial charge in [-0.05, 0) is 47.6 Å². The highest BCUT2D eigenvalue weighted by Gasteiger charge is 2.24. The van der Waals surface area contributed by atoms with Crippen molar-refractivity contribution >= 4 is 40.1 Å². The SMILES string of the molecule is O=C(NC1CC1)c1cccc(I)c1Cl. The summed E-state index contributed by atoms with van der Waals surface area (Å²) in [5.74, 6) is -0.0592. The van der Waals surface area contributed by atoms with Gasteiger partial charge in [0.25, 0.3) is 5.91 Å². The van der Waals surface area contributed by atoms with Crippen molar-refractivity contribution in [2.24, 2.45) is 0 Å². The van der Waals surface area contributed by atoms with Crippen LogP contribution < -0.4 is 5.32 Å². The van der Waals surface area contributed by atoms with Crippen LogP contribution in [0.5, 0.6) is 0 Å². The largest absolute Gasteiger partial charge is 0.349 e. The minimum atomic E-state index is -0.0592. The van der Waals surface area contributed by atoms with Crippen LogP contribution in [0, 0.1) is 3.57 Å². The van der Waals surface area contributed by atoms with Crippen LogP contribution in [0.15, 0.2) is 18.2 Å². The summed E-state index contributed by atoms with van der Waals surface area (Å²) in [5.41, 5.74) is 0.575. The van der Waals surface area contributed by atoms with Crippen LogP contribution in [0.3, 0.4) is 0 Å². The van der Waals surface area contributed by atoms with Gasteiger partial charge in [-0.1, -0.05) is 17.7 Å². The lowest BCUT2D eigenvalue weighted by Crippen LogP contribution is -2.25. The van der Waals surface area contributed by atoms with E-state index in [2.05, 4.69) is 27.9 Å². The Hall–Kier alpha value is -0.290. The molecule has 2 nitrogen and oxygen atoms in total. The van der Waals surface area contributed by atoms with Crippen molar-refractivity contribution < 1.29 is 4.79 Å². The predicted octanol–water partition coefficient (Wildman–Crippen LogP) is 2.84. The third kappa shape index (κ3) is 2.20. The van der Waals surface area contributed by atoms with Crippen LogP contribution >= 0.6 is 34.2 Å². The molecule has 0 unspecified atom stereocenters. The molecule has 1 saturated carbocycles. The molecule has 0 aliphatic heterocycles. The van der Waals surface area contributed by atoms with E-state index in [1.807, 2.05) is 12.1 Å². The summed E-state index contributed by atoms with van der Waals surface area (Å²) in [6, 6.07) is 5.85. The van der Waals surface area contributed by atoms with E-state index in [-0.39, 0.29) is 5.91 Å². The molecule has 1 aromatic rings. The molecule has 2 rings (SSSR count). The Balaban J connectivity index is 2.21. The predicted molar refractivity (Wildman–Crippen MR) is 64.7 cm³/mol. The molecule has 1 aliphatic carbocycles. The van der Waals surface area contributed by atoms with Gasteiger partial charge < -0.3 is 5.32 Å². The molecule has 4 heteroatoms. The second-order valence-electron chi connectivity index (χ2n) is 3.35. The van der Waals surface area contributed by atoms with Crippen LogP contribution in [0.2, 0.25) is 5.02 Å². The normalized spacial score (nSPS) is 15.3. The minimum absolute atomic E-state index is 0.0592. The second kappa shape index (κ2) is 4.06. The number of hydrogen-bond acceptors (Lipinski definition) is 1. The molecule has 0 spiro atoms. The van der Waals surface area contributed by atoms with Gasteiger partial charge in [0.05, 0.1) is 10.6 Å². The summed E-state index contributed by atoms with van der Waals surface area (Å²) in [4.78, 5) is 11.7. The van der Waals surface area contributed by atoms with E-state index in [4.69, 9.17) is 11.6 Å². The highest BCUT2D eigenvalue weighted by Crippen LogP contribution is 2.24. The Kier molecular flexibility index (Phi) is 2.97. The Morgan fingerprint density at radius 2 is 2.21 bits per heavy atom. The Labute approximate surface area is 101 Å². The molecule has 1 N–H and O–H groups in total. The van der Waals surface area contributed by atoms with E-state index in [1.165, 1.54) is 0 Å². The summed E-state index contributed by atoms with van der Waals surface area (Å²) < 4.78 is 0.910. The third-order valence-corrected chi connectivity index (χ3v) is 3.73. The third-order valence-electron chi connectivity index (χ3n) is 2.11. The van der Waals surface area contributed by atoms with E-state index < -0.39 is 0 Å². The monoisotopic (exact) mass is 321 g/mol. The van der Waals surface area contributed by atoms with Crippen molar-refractivity contribution in [1.82, 2.24) is 5.32 Å². The molecule has 0 aromatic heterocycles. The number of nitrogens with one attached hydrogen (secondary N) is 1. The Bertz CT molecular complexity index is 376. The fraction of sp³-hybridized carbons (Fsp3) is 0.300. The molecule has 0 atom stereocenters. The van der Waals surface area contributed by atoms with Gasteiger partial charge in [0.15, 0.2) is 0 Å². The smallest absolute Gasteiger partial charge is 0.253 e. The summed E-state index contributed by atoms with van der Waals surface area (Å²) in [5, 5.41) is 3.46. The molecule has 1 amide bonds. The zero-order chi connectivity index (χ0) is 10.1. The summed E-state index contributed by atoms with van der Waals surface area (Å²) in [6.45, 7) is 0. The van der Waals surface area contributed by atoms with Gasteiger partial charge in [0.1, 0.15) is 0 Å². The van der Waals surface area contributed by atoms with E-state index in [0.717, 1.165) is 16.4 Å². The lowest BCUT2D eigenvalue weighted by atomic mass is 10.2. The number of carbonyl (C=O) groups is 1. The average molecular weight is 322 g/mol. The van der Waals surface area contributed by atoms with E-state index in [1.54, 1.807) is 6.07 Å². The number of amides is 1. The number of carbonyl (C=O) groups excluding carboxylic acids is 1. The van der Waals surface area contributed by atoms with E-state index in [0.29, 0.717) is 16.6 Å². The van der Waals surface area contributed by atoms with Crippen molar-refractivity contribution in [1.29, 1.82) is 0 Å². The van der Waals surface area contributed by atoms with Gasteiger partial charge in [0.2, 0.25) is 0 Å². The first-order valence-electron chi connectivity index (χ1n) is 4.43. The fourth-order valence-electron chi connectivity index (χ4n) is 1.17. The van der Waals surface area contributed by atoms with Gasteiger partial charge in [0, 0.05) is 9.61 Å². The zero-order valence-corrected chi connectivity index (χ0v) is 10.3. The number of rotatable bonds is 2. The Morgan fingerprint density at radius 1 is 1.50 bits per heavy atom. The number of halogens is 2. The van der Waals surface area contributed by atoms with Crippen molar-refractivity contribution in [3.05, 3.63) is 32.4 Å². The second-order valence-corrected chi connectivity index (χ2v) is 4.89. The highest BCUT2D eigenvalue weighted by atomic mass is 127. The van der Waals surface area contributed by atoms with Crippen molar-refractivity contribution in [3.8, 4) is 0 Å². The van der Waals surface area contributed by atoms with Crippen LogP contribution in [0.4, 0.5) is 0 Å². The molecule has 74 valence electrons. The van der Waals surface area contributed by atoms with Crippen molar-refractivity contribution in [2.45, 2.75) is 18.9 Å². The molecule has 1 aliphatic rings. The van der Waals surface area contributed by atoms with Gasteiger partial charge in [-0.15, -0.1) is 0 Å². The maximum atomic E-state index is 11.7. The number of hydrogen-bond donors (Lipinski definition) is 1. The quantitative estimate of drug-likeness (QED) is 0.834. The van der Waals surface area contributed by atoms with E-state index >= 15 is 0 Å². The Morgan fingerprint density at radius 3 is 2.86 bits per heavy atom. The molecule has 1 fully saturated rings. The first-order chi connectivity index (χ1) is 6.68. The van der Waals surface area contributed by atoms with Crippen molar-refractivity contribution in [3.63, 3.8) is 0 Å². The van der Waals surface area contributed by atoms with E-state index in [9.17, 15) is 4.79 Å². The fourth-order valence-corrected chi connectivity index (χ4v) is 1.88. The van der Waals surface area contributed by atoms with Crippen LogP contribution in [0.25, 0.3) is 0 Å².